The molecule has 2 saturated heterocycles. The molecular formula is C17H28N4O3. The highest BCUT2D eigenvalue weighted by molar-refractivity contribution is 5.76. The fourth-order valence-electron chi connectivity index (χ4n) is 3.39. The molecule has 1 atom stereocenters. The first-order valence-electron chi connectivity index (χ1n) is 8.72. The Balaban J connectivity index is 1.59. The molecule has 134 valence electrons. The minimum Gasteiger partial charge on any atom is -0.377 e. The first-order chi connectivity index (χ1) is 11.5. The van der Waals surface area contributed by atoms with Crippen LogP contribution in [0.15, 0.2) is 0 Å². The van der Waals surface area contributed by atoms with Gasteiger partial charge in [-0.3, -0.25) is 9.48 Å². The summed E-state index contributed by atoms with van der Waals surface area (Å²) in [4.78, 5) is 14.6. The Morgan fingerprint density at radius 1 is 1.33 bits per heavy atom. The zero-order valence-electron chi connectivity index (χ0n) is 14.9. The number of morpholine rings is 1. The molecule has 0 aliphatic carbocycles. The van der Waals surface area contributed by atoms with E-state index in [1.54, 1.807) is 0 Å². The van der Waals surface area contributed by atoms with Crippen molar-refractivity contribution in [2.75, 3.05) is 46.0 Å². The van der Waals surface area contributed by atoms with Gasteiger partial charge in [-0.05, 0) is 26.3 Å². The quantitative estimate of drug-likeness (QED) is 0.866. The van der Waals surface area contributed by atoms with Gasteiger partial charge in [-0.15, -0.1) is 0 Å². The maximum absolute atomic E-state index is 12.7. The van der Waals surface area contributed by atoms with Crippen LogP contribution < -0.4 is 5.32 Å². The van der Waals surface area contributed by atoms with Crippen LogP contribution in [-0.4, -0.2) is 72.2 Å². The summed E-state index contributed by atoms with van der Waals surface area (Å²) in [6.07, 6.45) is 0.464. The first-order valence-corrected chi connectivity index (χ1v) is 8.72. The van der Waals surface area contributed by atoms with E-state index < -0.39 is 5.60 Å². The second kappa shape index (κ2) is 7.21. The SMILES string of the molecule is Cc1nn(CCC(=O)N2CCOC3(CNCCOC3)C2)c(C)c1C. The average Bonchev–Trinajstić information content (AvgIpc) is 2.74. The number of hydrogen-bond donors (Lipinski definition) is 1. The van der Waals surface area contributed by atoms with Crippen molar-refractivity contribution in [3.63, 3.8) is 0 Å². The third-order valence-corrected chi connectivity index (χ3v) is 5.12. The van der Waals surface area contributed by atoms with E-state index in [0.717, 1.165) is 24.5 Å². The smallest absolute Gasteiger partial charge is 0.224 e. The van der Waals surface area contributed by atoms with Gasteiger partial charge in [0.05, 0.1) is 32.1 Å². The predicted molar refractivity (Wildman–Crippen MR) is 90.0 cm³/mol. The Hall–Kier alpha value is -1.44. The summed E-state index contributed by atoms with van der Waals surface area (Å²) in [5.74, 6) is 0.159. The van der Waals surface area contributed by atoms with Gasteiger partial charge < -0.3 is 19.7 Å². The van der Waals surface area contributed by atoms with Crippen LogP contribution in [0.2, 0.25) is 0 Å². The van der Waals surface area contributed by atoms with Gasteiger partial charge in [-0.1, -0.05) is 0 Å². The van der Waals surface area contributed by atoms with Gasteiger partial charge in [0, 0.05) is 38.3 Å². The lowest BCUT2D eigenvalue weighted by Crippen LogP contribution is -2.59. The summed E-state index contributed by atoms with van der Waals surface area (Å²) in [5, 5.41) is 7.85. The van der Waals surface area contributed by atoms with Crippen LogP contribution in [-0.2, 0) is 20.8 Å². The van der Waals surface area contributed by atoms with Crippen LogP contribution in [0, 0.1) is 20.8 Å². The minimum atomic E-state index is -0.404. The second-order valence-corrected chi connectivity index (χ2v) is 6.85. The Bertz CT molecular complexity index is 591. The highest BCUT2D eigenvalue weighted by Crippen LogP contribution is 2.20. The number of nitrogens with one attached hydrogen (secondary N) is 1. The molecule has 24 heavy (non-hydrogen) atoms. The topological polar surface area (TPSA) is 68.6 Å². The molecule has 1 spiro atoms. The molecule has 3 heterocycles. The van der Waals surface area contributed by atoms with Gasteiger partial charge in [-0.25, -0.2) is 0 Å². The largest absolute Gasteiger partial charge is 0.377 e. The third kappa shape index (κ3) is 3.63. The van der Waals surface area contributed by atoms with Crippen molar-refractivity contribution in [3.05, 3.63) is 17.0 Å². The Labute approximate surface area is 143 Å². The molecule has 0 aromatic carbocycles. The number of aryl methyl sites for hydroxylation is 2. The van der Waals surface area contributed by atoms with Crippen molar-refractivity contribution in [1.29, 1.82) is 0 Å². The van der Waals surface area contributed by atoms with Crippen molar-refractivity contribution >= 4 is 5.91 Å². The lowest BCUT2D eigenvalue weighted by atomic mass is 10.0. The molecule has 7 nitrogen and oxygen atoms in total. The van der Waals surface area contributed by atoms with Crippen molar-refractivity contribution in [1.82, 2.24) is 20.0 Å². The van der Waals surface area contributed by atoms with E-state index >= 15 is 0 Å². The molecule has 1 aromatic rings. The van der Waals surface area contributed by atoms with E-state index in [9.17, 15) is 4.79 Å². The van der Waals surface area contributed by atoms with Gasteiger partial charge in [0.25, 0.3) is 0 Å². The monoisotopic (exact) mass is 336 g/mol. The zero-order chi connectivity index (χ0) is 17.2. The molecule has 0 radical (unpaired) electrons. The van der Waals surface area contributed by atoms with E-state index in [2.05, 4.69) is 24.3 Å². The van der Waals surface area contributed by atoms with Gasteiger partial charge in [0.15, 0.2) is 0 Å². The maximum atomic E-state index is 12.7. The van der Waals surface area contributed by atoms with Crippen LogP contribution in [0.1, 0.15) is 23.4 Å². The maximum Gasteiger partial charge on any atom is 0.224 e. The van der Waals surface area contributed by atoms with E-state index in [1.807, 2.05) is 16.5 Å². The molecule has 2 aliphatic heterocycles. The summed E-state index contributed by atoms with van der Waals surface area (Å²) in [6.45, 7) is 11.4. The number of aromatic nitrogens is 2. The molecule has 2 aliphatic rings. The minimum absolute atomic E-state index is 0.159. The number of carbonyl (C=O) groups is 1. The number of carbonyl (C=O) groups excluding carboxylic acids is 1. The van der Waals surface area contributed by atoms with Crippen molar-refractivity contribution in [3.8, 4) is 0 Å². The van der Waals surface area contributed by atoms with E-state index in [4.69, 9.17) is 9.47 Å². The second-order valence-electron chi connectivity index (χ2n) is 6.85. The highest BCUT2D eigenvalue weighted by Gasteiger charge is 2.39. The van der Waals surface area contributed by atoms with Crippen molar-refractivity contribution < 1.29 is 14.3 Å². The molecule has 1 N–H and O–H groups in total. The van der Waals surface area contributed by atoms with E-state index in [0.29, 0.717) is 45.9 Å². The number of nitrogens with zero attached hydrogens (tertiary/aromatic N) is 3. The Kier molecular flexibility index (Phi) is 5.22. The van der Waals surface area contributed by atoms with E-state index in [-0.39, 0.29) is 5.91 Å². The van der Waals surface area contributed by atoms with Crippen LogP contribution in [0.4, 0.5) is 0 Å². The standard InChI is InChI=1S/C17H28N4O3/c1-13-14(2)19-21(15(13)3)6-4-16(22)20-7-9-24-17(11-20)10-18-5-8-23-12-17/h18H,4-12H2,1-3H3. The van der Waals surface area contributed by atoms with Gasteiger partial charge >= 0.3 is 0 Å². The summed E-state index contributed by atoms with van der Waals surface area (Å²) in [5.41, 5.74) is 2.97. The third-order valence-electron chi connectivity index (χ3n) is 5.12. The Morgan fingerprint density at radius 2 is 2.17 bits per heavy atom. The molecule has 0 saturated carbocycles. The van der Waals surface area contributed by atoms with Crippen LogP contribution in [0.5, 0.6) is 0 Å². The van der Waals surface area contributed by atoms with Gasteiger partial charge in [0.1, 0.15) is 5.60 Å². The lowest BCUT2D eigenvalue weighted by Gasteiger charge is -2.41. The predicted octanol–water partition coefficient (Wildman–Crippen LogP) is 0.416. The fraction of sp³-hybridized carbons (Fsp3) is 0.765. The highest BCUT2D eigenvalue weighted by atomic mass is 16.5. The molecule has 0 bridgehead atoms. The molecule has 3 rings (SSSR count). The number of ether oxygens (including phenoxy) is 2. The molecular weight excluding hydrogens is 308 g/mol. The molecule has 1 amide bonds. The summed E-state index contributed by atoms with van der Waals surface area (Å²) < 4.78 is 13.5. The molecule has 2 fully saturated rings. The normalized spacial score (nSPS) is 25.0. The van der Waals surface area contributed by atoms with Crippen LogP contribution in [0.3, 0.4) is 0 Å². The van der Waals surface area contributed by atoms with Gasteiger partial charge in [0.2, 0.25) is 5.91 Å². The fourth-order valence-corrected chi connectivity index (χ4v) is 3.39. The number of amides is 1. The number of hydrogen-bond acceptors (Lipinski definition) is 5. The van der Waals surface area contributed by atoms with Crippen LogP contribution in [0.25, 0.3) is 0 Å². The summed E-state index contributed by atoms with van der Waals surface area (Å²) >= 11 is 0. The summed E-state index contributed by atoms with van der Waals surface area (Å²) in [6, 6.07) is 0. The van der Waals surface area contributed by atoms with E-state index in [1.165, 1.54) is 5.56 Å². The summed E-state index contributed by atoms with van der Waals surface area (Å²) in [7, 11) is 0. The van der Waals surface area contributed by atoms with Gasteiger partial charge in [-0.2, -0.15) is 5.10 Å². The molecule has 1 unspecified atom stereocenters. The van der Waals surface area contributed by atoms with Crippen molar-refractivity contribution in [2.24, 2.45) is 0 Å². The molecule has 1 aromatic heterocycles. The lowest BCUT2D eigenvalue weighted by molar-refractivity contribution is -0.158. The average molecular weight is 336 g/mol. The Morgan fingerprint density at radius 3 is 2.92 bits per heavy atom. The number of rotatable bonds is 3. The first kappa shape index (κ1) is 17.4. The van der Waals surface area contributed by atoms with Crippen molar-refractivity contribution in [2.45, 2.75) is 39.3 Å². The zero-order valence-corrected chi connectivity index (χ0v) is 14.9. The molecule has 7 heteroatoms. The van der Waals surface area contributed by atoms with Crippen LogP contribution >= 0.6 is 0 Å².